The molecule has 0 fully saturated rings. The molecule has 0 aliphatic rings. The summed E-state index contributed by atoms with van der Waals surface area (Å²) in [7, 11) is 0. The Morgan fingerprint density at radius 1 is 0.931 bits per heavy atom. The fourth-order valence-electron chi connectivity index (χ4n) is 4.08. The van der Waals surface area contributed by atoms with Gasteiger partial charge in [0, 0.05) is 45.0 Å². The first-order valence-corrected chi connectivity index (χ1v) is 9.96. The molecule has 0 aliphatic carbocycles. The van der Waals surface area contributed by atoms with Crippen LogP contribution in [0.5, 0.6) is 0 Å². The average molecular weight is 384 g/mol. The van der Waals surface area contributed by atoms with Gasteiger partial charge in [0.25, 0.3) is 0 Å². The summed E-state index contributed by atoms with van der Waals surface area (Å²) in [5.41, 5.74) is 6.14. The van der Waals surface area contributed by atoms with Gasteiger partial charge in [-0.25, -0.2) is 0 Å². The molecule has 4 nitrogen and oxygen atoms in total. The highest BCUT2D eigenvalue weighted by molar-refractivity contribution is 6.16. The number of rotatable bonds is 5. The van der Waals surface area contributed by atoms with Crippen LogP contribution in [0.15, 0.2) is 65.8 Å². The van der Waals surface area contributed by atoms with E-state index in [1.54, 1.807) is 0 Å². The molecule has 0 unspecified atom stereocenters. The lowest BCUT2D eigenvalue weighted by atomic mass is 9.97. The Morgan fingerprint density at radius 3 is 2.14 bits per heavy atom. The Balaban J connectivity index is 1.95. The molecule has 0 aliphatic heterocycles. The molecule has 1 heterocycles. The largest absolute Gasteiger partial charge is 0.411 e. The Bertz CT molecular complexity index is 1260. The predicted molar refractivity (Wildman–Crippen MR) is 118 cm³/mol. The van der Waals surface area contributed by atoms with Gasteiger partial charge in [-0.1, -0.05) is 42.4 Å². The molecule has 29 heavy (non-hydrogen) atoms. The third kappa shape index (κ3) is 3.11. The number of fused-ring (bicyclic) bond motifs is 3. The van der Waals surface area contributed by atoms with Crippen LogP contribution in [0, 0.1) is 6.92 Å². The molecule has 0 radical (unpaired) electrons. The smallest absolute Gasteiger partial charge is 0.193 e. The molecule has 146 valence electrons. The minimum atomic E-state index is 0.0321. The Hall–Kier alpha value is -3.40. The molecule has 0 bridgehead atoms. The second kappa shape index (κ2) is 7.55. The molecule has 0 saturated heterocycles. The van der Waals surface area contributed by atoms with Crippen molar-refractivity contribution in [2.45, 2.75) is 33.7 Å². The molecule has 3 aromatic carbocycles. The number of carbonyl (C=O) groups excluding carboxylic acids is 1. The summed E-state index contributed by atoms with van der Waals surface area (Å²) in [6, 6.07) is 19.7. The van der Waals surface area contributed by atoms with Crippen LogP contribution in [0.4, 0.5) is 0 Å². The van der Waals surface area contributed by atoms with Crippen LogP contribution in [-0.4, -0.2) is 21.3 Å². The SMILES string of the molecule is CCC(=NO)c1ccc2c(c1)c1cc(C(=O)c3ccccc3C)ccc1n2CC. The van der Waals surface area contributed by atoms with Crippen molar-refractivity contribution in [3.05, 3.63) is 82.9 Å². The number of carbonyl (C=O) groups is 1. The molecular formula is C25H24N2O2. The zero-order valence-electron chi connectivity index (χ0n) is 16.9. The average Bonchev–Trinajstić information content (AvgIpc) is 3.07. The number of hydrogen-bond donors (Lipinski definition) is 1. The third-order valence-electron chi connectivity index (χ3n) is 5.62. The Labute approximate surface area is 170 Å². The normalized spacial score (nSPS) is 12.0. The van der Waals surface area contributed by atoms with E-state index in [0.29, 0.717) is 17.7 Å². The minimum Gasteiger partial charge on any atom is -0.411 e. The highest BCUT2D eigenvalue weighted by Gasteiger charge is 2.16. The summed E-state index contributed by atoms with van der Waals surface area (Å²) in [6.45, 7) is 6.88. The van der Waals surface area contributed by atoms with Crippen molar-refractivity contribution >= 4 is 33.3 Å². The van der Waals surface area contributed by atoms with Crippen LogP contribution in [0.3, 0.4) is 0 Å². The van der Waals surface area contributed by atoms with Crippen LogP contribution >= 0.6 is 0 Å². The molecule has 1 N–H and O–H groups in total. The number of benzene rings is 3. The lowest BCUT2D eigenvalue weighted by molar-refractivity contribution is 0.103. The van der Waals surface area contributed by atoms with Crippen LogP contribution in [0.1, 0.15) is 47.3 Å². The zero-order valence-corrected chi connectivity index (χ0v) is 16.9. The van der Waals surface area contributed by atoms with Crippen LogP contribution in [0.25, 0.3) is 21.8 Å². The predicted octanol–water partition coefficient (Wildman–Crippen LogP) is 5.94. The molecule has 4 rings (SSSR count). The van der Waals surface area contributed by atoms with E-state index < -0.39 is 0 Å². The molecule has 4 aromatic rings. The standard InChI is InChI=1S/C25H24N2O2/c1-4-22(26-29)17-10-12-23-20(14-17)21-15-18(11-13-24(21)27(23)5-2)25(28)19-9-7-6-8-16(19)3/h6-15,29H,4-5H2,1-3H3. The van der Waals surface area contributed by atoms with Gasteiger partial charge in [0.15, 0.2) is 5.78 Å². The van der Waals surface area contributed by atoms with Gasteiger partial charge in [0.05, 0.1) is 5.71 Å². The minimum absolute atomic E-state index is 0.0321. The fourth-order valence-corrected chi connectivity index (χ4v) is 4.08. The summed E-state index contributed by atoms with van der Waals surface area (Å²) in [4.78, 5) is 13.1. The van der Waals surface area contributed by atoms with E-state index >= 15 is 0 Å². The fraction of sp³-hybridized carbons (Fsp3) is 0.200. The van der Waals surface area contributed by atoms with E-state index in [0.717, 1.165) is 45.0 Å². The van der Waals surface area contributed by atoms with Crippen molar-refractivity contribution in [1.82, 2.24) is 4.57 Å². The topological polar surface area (TPSA) is 54.6 Å². The van der Waals surface area contributed by atoms with Crippen molar-refractivity contribution in [3.8, 4) is 0 Å². The van der Waals surface area contributed by atoms with Crippen molar-refractivity contribution < 1.29 is 10.0 Å². The molecule has 1 aromatic heterocycles. The van der Waals surface area contributed by atoms with Crippen LogP contribution in [0.2, 0.25) is 0 Å². The van der Waals surface area contributed by atoms with Gasteiger partial charge in [0.1, 0.15) is 0 Å². The monoisotopic (exact) mass is 384 g/mol. The molecule has 0 saturated carbocycles. The maximum absolute atomic E-state index is 13.1. The number of ketones is 1. The Morgan fingerprint density at radius 2 is 1.55 bits per heavy atom. The lowest BCUT2D eigenvalue weighted by Gasteiger charge is -2.06. The van der Waals surface area contributed by atoms with Crippen molar-refractivity contribution in [1.29, 1.82) is 0 Å². The van der Waals surface area contributed by atoms with E-state index in [1.807, 2.05) is 62.4 Å². The van der Waals surface area contributed by atoms with Gasteiger partial charge < -0.3 is 9.77 Å². The lowest BCUT2D eigenvalue weighted by Crippen LogP contribution is -2.03. The van der Waals surface area contributed by atoms with Crippen molar-refractivity contribution in [3.63, 3.8) is 0 Å². The second-order valence-electron chi connectivity index (χ2n) is 7.25. The summed E-state index contributed by atoms with van der Waals surface area (Å²) in [5, 5.41) is 14.9. The summed E-state index contributed by atoms with van der Waals surface area (Å²) < 4.78 is 2.25. The number of aryl methyl sites for hydroxylation is 2. The first-order valence-electron chi connectivity index (χ1n) is 9.96. The number of nitrogens with zero attached hydrogens (tertiary/aromatic N) is 2. The third-order valence-corrected chi connectivity index (χ3v) is 5.62. The molecular weight excluding hydrogens is 360 g/mol. The summed E-state index contributed by atoms with van der Waals surface area (Å²) >= 11 is 0. The Kier molecular flexibility index (Phi) is 4.93. The van der Waals surface area contributed by atoms with Gasteiger partial charge in [-0.3, -0.25) is 4.79 Å². The van der Waals surface area contributed by atoms with E-state index in [2.05, 4.69) is 28.8 Å². The summed E-state index contributed by atoms with van der Waals surface area (Å²) in [6.07, 6.45) is 0.644. The molecule has 0 amide bonds. The number of oxime groups is 1. The quantitative estimate of drug-likeness (QED) is 0.200. The molecule has 0 spiro atoms. The maximum Gasteiger partial charge on any atom is 0.193 e. The molecule has 4 heteroatoms. The first-order chi connectivity index (χ1) is 14.1. The van der Waals surface area contributed by atoms with Gasteiger partial charge in [-0.15, -0.1) is 0 Å². The van der Waals surface area contributed by atoms with Gasteiger partial charge in [-0.2, -0.15) is 0 Å². The van der Waals surface area contributed by atoms with Crippen LogP contribution < -0.4 is 0 Å². The second-order valence-corrected chi connectivity index (χ2v) is 7.25. The van der Waals surface area contributed by atoms with E-state index in [4.69, 9.17) is 0 Å². The highest BCUT2D eigenvalue weighted by Crippen LogP contribution is 2.31. The van der Waals surface area contributed by atoms with Crippen molar-refractivity contribution in [2.75, 3.05) is 0 Å². The van der Waals surface area contributed by atoms with E-state index in [-0.39, 0.29) is 5.78 Å². The van der Waals surface area contributed by atoms with Gasteiger partial charge in [-0.05, 0) is 56.2 Å². The van der Waals surface area contributed by atoms with Crippen LogP contribution in [-0.2, 0) is 6.54 Å². The van der Waals surface area contributed by atoms with Gasteiger partial charge in [0.2, 0.25) is 0 Å². The van der Waals surface area contributed by atoms with Gasteiger partial charge >= 0.3 is 0 Å². The van der Waals surface area contributed by atoms with Crippen molar-refractivity contribution in [2.24, 2.45) is 5.16 Å². The molecule has 0 atom stereocenters. The highest BCUT2D eigenvalue weighted by atomic mass is 16.4. The first kappa shape index (κ1) is 18.9. The number of aromatic nitrogens is 1. The van der Waals surface area contributed by atoms with E-state index in [9.17, 15) is 10.0 Å². The summed E-state index contributed by atoms with van der Waals surface area (Å²) in [5.74, 6) is 0.0321. The maximum atomic E-state index is 13.1. The van der Waals surface area contributed by atoms with E-state index in [1.165, 1.54) is 0 Å². The zero-order chi connectivity index (χ0) is 20.5. The number of hydrogen-bond acceptors (Lipinski definition) is 3.